The van der Waals surface area contributed by atoms with Crippen LogP contribution in [0.15, 0.2) is 36.5 Å². The number of nitriles is 1. The maximum Gasteiger partial charge on any atom is 0.131 e. The van der Waals surface area contributed by atoms with Gasteiger partial charge < -0.3 is 5.32 Å². The topological polar surface area (TPSA) is 48.7 Å². The lowest BCUT2D eigenvalue weighted by molar-refractivity contribution is 1.28. The molecule has 1 N–H and O–H groups in total. The van der Waals surface area contributed by atoms with Crippen molar-refractivity contribution in [3.05, 3.63) is 52.7 Å². The molecule has 4 heteroatoms. The van der Waals surface area contributed by atoms with Crippen LogP contribution in [0.3, 0.4) is 0 Å². The quantitative estimate of drug-likeness (QED) is 0.876. The van der Waals surface area contributed by atoms with Gasteiger partial charge in [-0.05, 0) is 18.6 Å². The van der Waals surface area contributed by atoms with Gasteiger partial charge in [0.05, 0.1) is 10.6 Å². The Bertz CT molecular complexity index is 587. The SMILES string of the molecule is Cc1ccccc1Nc1cc(C#N)c(Cl)cn1. The zero-order valence-corrected chi connectivity index (χ0v) is 9.99. The average Bonchev–Trinajstić information content (AvgIpc) is 2.34. The Labute approximate surface area is 105 Å². The molecular weight excluding hydrogens is 234 g/mol. The van der Waals surface area contributed by atoms with Crippen molar-refractivity contribution in [3.63, 3.8) is 0 Å². The Balaban J connectivity index is 2.32. The zero-order valence-electron chi connectivity index (χ0n) is 9.24. The van der Waals surface area contributed by atoms with E-state index in [9.17, 15) is 0 Å². The van der Waals surface area contributed by atoms with Crippen molar-refractivity contribution in [2.24, 2.45) is 0 Å². The normalized spacial score (nSPS) is 9.71. The Hall–Kier alpha value is -2.05. The Morgan fingerprint density at radius 1 is 1.35 bits per heavy atom. The predicted molar refractivity (Wildman–Crippen MR) is 68.4 cm³/mol. The number of nitrogens with one attached hydrogen (secondary N) is 1. The highest BCUT2D eigenvalue weighted by atomic mass is 35.5. The molecule has 3 nitrogen and oxygen atoms in total. The third-order valence-corrected chi connectivity index (χ3v) is 2.68. The molecule has 0 aliphatic rings. The molecule has 2 rings (SSSR count). The molecule has 84 valence electrons. The van der Waals surface area contributed by atoms with E-state index in [0.717, 1.165) is 11.3 Å². The minimum Gasteiger partial charge on any atom is -0.340 e. The molecule has 0 unspecified atom stereocenters. The van der Waals surface area contributed by atoms with E-state index in [1.165, 1.54) is 6.20 Å². The van der Waals surface area contributed by atoms with Crippen LogP contribution in [0.1, 0.15) is 11.1 Å². The summed E-state index contributed by atoms with van der Waals surface area (Å²) in [5, 5.41) is 12.4. The summed E-state index contributed by atoms with van der Waals surface area (Å²) in [6, 6.07) is 11.5. The number of nitrogens with zero attached hydrogens (tertiary/aromatic N) is 2. The summed E-state index contributed by atoms with van der Waals surface area (Å²) in [4.78, 5) is 4.13. The summed E-state index contributed by atoms with van der Waals surface area (Å²) in [6.07, 6.45) is 1.47. The highest BCUT2D eigenvalue weighted by Crippen LogP contribution is 2.21. The van der Waals surface area contributed by atoms with E-state index in [4.69, 9.17) is 16.9 Å². The molecule has 0 amide bonds. The van der Waals surface area contributed by atoms with Gasteiger partial charge in [-0.3, -0.25) is 0 Å². The lowest BCUT2D eigenvalue weighted by atomic mass is 10.2. The van der Waals surface area contributed by atoms with Crippen LogP contribution < -0.4 is 5.32 Å². The molecule has 0 radical (unpaired) electrons. The van der Waals surface area contributed by atoms with E-state index in [-0.39, 0.29) is 0 Å². The molecule has 1 heterocycles. The lowest BCUT2D eigenvalue weighted by Gasteiger charge is -2.08. The largest absolute Gasteiger partial charge is 0.340 e. The predicted octanol–water partition coefficient (Wildman–Crippen LogP) is 3.66. The van der Waals surface area contributed by atoms with E-state index in [0.29, 0.717) is 16.4 Å². The van der Waals surface area contributed by atoms with Crippen molar-refractivity contribution in [2.45, 2.75) is 6.92 Å². The van der Waals surface area contributed by atoms with Gasteiger partial charge in [-0.2, -0.15) is 5.26 Å². The summed E-state index contributed by atoms with van der Waals surface area (Å²) in [7, 11) is 0. The van der Waals surface area contributed by atoms with Crippen LogP contribution in [-0.2, 0) is 0 Å². The first-order valence-corrected chi connectivity index (χ1v) is 5.47. The minimum atomic E-state index is 0.364. The molecule has 0 bridgehead atoms. The maximum atomic E-state index is 8.87. The molecule has 0 spiro atoms. The van der Waals surface area contributed by atoms with Gasteiger partial charge in [0.25, 0.3) is 0 Å². The summed E-state index contributed by atoms with van der Waals surface area (Å²) in [5.41, 5.74) is 2.49. The number of aryl methyl sites for hydroxylation is 1. The van der Waals surface area contributed by atoms with Crippen LogP contribution >= 0.6 is 11.6 Å². The van der Waals surface area contributed by atoms with Gasteiger partial charge in [0.2, 0.25) is 0 Å². The van der Waals surface area contributed by atoms with Crippen molar-refractivity contribution in [2.75, 3.05) is 5.32 Å². The first-order valence-electron chi connectivity index (χ1n) is 5.09. The molecule has 17 heavy (non-hydrogen) atoms. The first-order chi connectivity index (χ1) is 8.20. The molecule has 1 aromatic heterocycles. The van der Waals surface area contributed by atoms with Crippen LogP contribution in [0.25, 0.3) is 0 Å². The summed E-state index contributed by atoms with van der Waals surface area (Å²) in [5.74, 6) is 0.611. The van der Waals surface area contributed by atoms with Gasteiger partial charge in [0.1, 0.15) is 11.9 Å². The second-order valence-corrected chi connectivity index (χ2v) is 4.01. The molecule has 1 aromatic carbocycles. The standard InChI is InChI=1S/C13H10ClN3/c1-9-4-2-3-5-12(9)17-13-6-10(7-15)11(14)8-16-13/h2-6,8H,1H3,(H,16,17). The maximum absolute atomic E-state index is 8.87. The van der Waals surface area contributed by atoms with Gasteiger partial charge in [-0.25, -0.2) is 4.98 Å². The monoisotopic (exact) mass is 243 g/mol. The van der Waals surface area contributed by atoms with Gasteiger partial charge in [0, 0.05) is 18.0 Å². The van der Waals surface area contributed by atoms with E-state index < -0.39 is 0 Å². The third-order valence-electron chi connectivity index (χ3n) is 2.38. The zero-order chi connectivity index (χ0) is 12.3. The fourth-order valence-corrected chi connectivity index (χ4v) is 1.59. The van der Waals surface area contributed by atoms with E-state index >= 15 is 0 Å². The molecule has 2 aromatic rings. The number of anilines is 2. The van der Waals surface area contributed by atoms with Crippen molar-refractivity contribution in [1.82, 2.24) is 4.98 Å². The van der Waals surface area contributed by atoms with Gasteiger partial charge in [-0.1, -0.05) is 29.8 Å². The second-order valence-electron chi connectivity index (χ2n) is 3.60. The Morgan fingerprint density at radius 3 is 2.82 bits per heavy atom. The molecule has 0 fully saturated rings. The Kier molecular flexibility index (Phi) is 3.27. The summed E-state index contributed by atoms with van der Waals surface area (Å²) >= 11 is 5.82. The first kappa shape index (κ1) is 11.4. The lowest BCUT2D eigenvalue weighted by Crippen LogP contribution is -1.96. The fourth-order valence-electron chi connectivity index (χ4n) is 1.44. The number of pyridine rings is 1. The van der Waals surface area contributed by atoms with Gasteiger partial charge >= 0.3 is 0 Å². The Morgan fingerprint density at radius 2 is 2.12 bits per heavy atom. The molecule has 0 saturated heterocycles. The van der Waals surface area contributed by atoms with Crippen molar-refractivity contribution in [3.8, 4) is 6.07 Å². The van der Waals surface area contributed by atoms with Gasteiger partial charge in [0.15, 0.2) is 0 Å². The second kappa shape index (κ2) is 4.86. The number of hydrogen-bond donors (Lipinski definition) is 1. The smallest absolute Gasteiger partial charge is 0.131 e. The van der Waals surface area contributed by atoms with Crippen LogP contribution in [-0.4, -0.2) is 4.98 Å². The number of halogens is 1. The fraction of sp³-hybridized carbons (Fsp3) is 0.0769. The number of hydrogen-bond acceptors (Lipinski definition) is 3. The van der Waals surface area contributed by atoms with Crippen molar-refractivity contribution in [1.29, 1.82) is 5.26 Å². The van der Waals surface area contributed by atoms with Crippen LogP contribution in [0.5, 0.6) is 0 Å². The van der Waals surface area contributed by atoms with Crippen molar-refractivity contribution >= 4 is 23.1 Å². The molecule has 0 aliphatic carbocycles. The van der Waals surface area contributed by atoms with E-state index in [1.54, 1.807) is 6.07 Å². The minimum absolute atomic E-state index is 0.364. The number of rotatable bonds is 2. The molecule has 0 saturated carbocycles. The number of aromatic nitrogens is 1. The number of para-hydroxylation sites is 1. The molecule has 0 atom stereocenters. The third kappa shape index (κ3) is 2.55. The highest BCUT2D eigenvalue weighted by Gasteiger charge is 2.03. The summed E-state index contributed by atoms with van der Waals surface area (Å²) < 4.78 is 0. The van der Waals surface area contributed by atoms with Crippen LogP contribution in [0.4, 0.5) is 11.5 Å². The van der Waals surface area contributed by atoms with Crippen molar-refractivity contribution < 1.29 is 0 Å². The van der Waals surface area contributed by atoms with E-state index in [1.807, 2.05) is 37.3 Å². The average molecular weight is 244 g/mol. The highest BCUT2D eigenvalue weighted by molar-refractivity contribution is 6.31. The van der Waals surface area contributed by atoms with Crippen LogP contribution in [0, 0.1) is 18.3 Å². The molecular formula is C13H10ClN3. The summed E-state index contributed by atoms with van der Waals surface area (Å²) in [6.45, 7) is 2.00. The molecule has 0 aliphatic heterocycles. The number of benzene rings is 1. The van der Waals surface area contributed by atoms with E-state index in [2.05, 4.69) is 10.3 Å². The van der Waals surface area contributed by atoms with Gasteiger partial charge in [-0.15, -0.1) is 0 Å². The van der Waals surface area contributed by atoms with Crippen LogP contribution in [0.2, 0.25) is 5.02 Å².